The van der Waals surface area contributed by atoms with Crippen LogP contribution >= 0.6 is 0 Å². The Morgan fingerprint density at radius 3 is 2.58 bits per heavy atom. The minimum absolute atomic E-state index is 0.0297. The first kappa shape index (κ1) is 24.6. The summed E-state index contributed by atoms with van der Waals surface area (Å²) < 4.78 is 16.9. The fraction of sp³-hybridized carbons (Fsp3) is 0.650. The molecule has 1 aliphatic carbocycles. The molecule has 33 heavy (non-hydrogen) atoms. The highest BCUT2D eigenvalue weighted by Gasteiger charge is 2.45. The lowest BCUT2D eigenvalue weighted by atomic mass is 9.84. The first-order valence-electron chi connectivity index (χ1n) is 10.7. The van der Waals surface area contributed by atoms with Crippen molar-refractivity contribution in [1.29, 1.82) is 0 Å². The van der Waals surface area contributed by atoms with Crippen LogP contribution in [0.25, 0.3) is 20.9 Å². The van der Waals surface area contributed by atoms with E-state index < -0.39 is 42.8 Å². The van der Waals surface area contributed by atoms with Gasteiger partial charge in [-0.05, 0) is 42.3 Å². The van der Waals surface area contributed by atoms with Crippen molar-refractivity contribution >= 4 is 6.09 Å². The minimum Gasteiger partial charge on any atom is -0.445 e. The van der Waals surface area contributed by atoms with Gasteiger partial charge in [0.2, 0.25) is 0 Å². The van der Waals surface area contributed by atoms with Gasteiger partial charge in [0.1, 0.15) is 12.7 Å². The fourth-order valence-electron chi connectivity index (χ4n) is 3.96. The Kier molecular flexibility index (Phi) is 9.14. The molecule has 1 saturated heterocycles. The molecule has 1 saturated carbocycles. The van der Waals surface area contributed by atoms with Gasteiger partial charge >= 0.3 is 6.09 Å². The van der Waals surface area contributed by atoms with Crippen molar-refractivity contribution in [3.8, 4) is 0 Å². The van der Waals surface area contributed by atoms with Crippen molar-refractivity contribution in [1.82, 2.24) is 5.32 Å². The van der Waals surface area contributed by atoms with Gasteiger partial charge in [-0.3, -0.25) is 0 Å². The van der Waals surface area contributed by atoms with E-state index in [1.165, 1.54) is 0 Å². The van der Waals surface area contributed by atoms with Crippen LogP contribution in [0.5, 0.6) is 0 Å². The number of hydrogen-bond acceptors (Lipinski definition) is 8. The summed E-state index contributed by atoms with van der Waals surface area (Å²) in [7, 11) is 0. The average molecular weight is 461 g/mol. The molecule has 1 aromatic carbocycles. The Labute approximate surface area is 189 Å². The molecule has 2 aliphatic rings. The molecule has 2 unspecified atom stereocenters. The van der Waals surface area contributed by atoms with Gasteiger partial charge in [0, 0.05) is 16.4 Å². The first-order valence-corrected chi connectivity index (χ1v) is 10.7. The molecule has 7 atom stereocenters. The molecule has 13 heteroatoms. The van der Waals surface area contributed by atoms with Crippen molar-refractivity contribution in [2.45, 2.75) is 75.1 Å². The van der Waals surface area contributed by atoms with Crippen LogP contribution in [-0.4, -0.2) is 65.6 Å². The molecular weight excluding hydrogens is 434 g/mol. The monoisotopic (exact) mass is 461 g/mol. The van der Waals surface area contributed by atoms with Gasteiger partial charge < -0.3 is 29.7 Å². The number of hydrogen-bond donors (Lipinski definition) is 3. The Morgan fingerprint density at radius 2 is 1.85 bits per heavy atom. The number of nitrogens with zero attached hydrogens (tertiary/aromatic N) is 6. The van der Waals surface area contributed by atoms with E-state index >= 15 is 0 Å². The predicted molar refractivity (Wildman–Crippen MR) is 115 cm³/mol. The van der Waals surface area contributed by atoms with Gasteiger partial charge in [0.25, 0.3) is 0 Å². The SMILES string of the molecule is [N-]=[N+]=NC1CC(N=[N+]=[N-])[C@H](O)[C@@H](O)[C@@H]1O[C@@H]1CCC[C@@H](CNC(=O)OCc2ccccc2)O1. The van der Waals surface area contributed by atoms with Crippen LogP contribution in [-0.2, 0) is 20.8 Å². The third kappa shape index (κ3) is 6.96. The molecule has 2 fully saturated rings. The molecule has 3 N–H and O–H groups in total. The van der Waals surface area contributed by atoms with Crippen LogP contribution in [0.2, 0.25) is 0 Å². The van der Waals surface area contributed by atoms with Crippen LogP contribution in [0, 0.1) is 0 Å². The molecule has 1 amide bonds. The third-order valence-corrected chi connectivity index (χ3v) is 5.65. The second kappa shape index (κ2) is 12.3. The molecule has 1 aliphatic heterocycles. The maximum atomic E-state index is 12.0. The number of nitrogens with one attached hydrogen (secondary N) is 1. The molecule has 178 valence electrons. The van der Waals surface area contributed by atoms with Gasteiger partial charge in [0.05, 0.1) is 30.4 Å². The van der Waals surface area contributed by atoms with Crippen LogP contribution in [0.3, 0.4) is 0 Å². The zero-order chi connectivity index (χ0) is 23.6. The van der Waals surface area contributed by atoms with Gasteiger partial charge in [-0.25, -0.2) is 4.79 Å². The maximum Gasteiger partial charge on any atom is 0.407 e. The quantitative estimate of drug-likeness (QED) is 0.302. The molecule has 1 heterocycles. The van der Waals surface area contributed by atoms with E-state index in [0.717, 1.165) is 12.0 Å². The molecular formula is C20H27N7O6. The summed E-state index contributed by atoms with van der Waals surface area (Å²) >= 11 is 0. The zero-order valence-electron chi connectivity index (χ0n) is 17.9. The second-order valence-electron chi connectivity index (χ2n) is 7.92. The first-order chi connectivity index (χ1) is 16.0. The van der Waals surface area contributed by atoms with Gasteiger partial charge in [0.15, 0.2) is 6.29 Å². The second-order valence-corrected chi connectivity index (χ2v) is 7.92. The number of alkyl carbamates (subject to hydrolysis) is 1. The van der Waals surface area contributed by atoms with Crippen molar-refractivity contribution in [3.63, 3.8) is 0 Å². The van der Waals surface area contributed by atoms with Crippen molar-refractivity contribution in [2.75, 3.05) is 6.54 Å². The highest BCUT2D eigenvalue weighted by molar-refractivity contribution is 5.67. The average Bonchev–Trinajstić information content (AvgIpc) is 2.83. The largest absolute Gasteiger partial charge is 0.445 e. The lowest BCUT2D eigenvalue weighted by molar-refractivity contribution is -0.246. The van der Waals surface area contributed by atoms with Crippen LogP contribution < -0.4 is 5.32 Å². The topological polar surface area (TPSA) is 195 Å². The van der Waals surface area contributed by atoms with E-state index in [4.69, 9.17) is 25.3 Å². The molecule has 0 bridgehead atoms. The Balaban J connectivity index is 1.50. The van der Waals surface area contributed by atoms with Crippen molar-refractivity contribution in [2.24, 2.45) is 10.2 Å². The summed E-state index contributed by atoms with van der Waals surface area (Å²) in [5, 5.41) is 30.5. The molecule has 3 rings (SSSR count). The fourth-order valence-corrected chi connectivity index (χ4v) is 3.96. The molecule has 13 nitrogen and oxygen atoms in total. The van der Waals surface area contributed by atoms with Gasteiger partial charge in [-0.1, -0.05) is 40.6 Å². The Hall–Kier alpha value is -3.05. The zero-order valence-corrected chi connectivity index (χ0v) is 17.9. The third-order valence-electron chi connectivity index (χ3n) is 5.65. The smallest absolute Gasteiger partial charge is 0.407 e. The normalized spacial score (nSPS) is 31.5. The Morgan fingerprint density at radius 1 is 1.12 bits per heavy atom. The van der Waals surface area contributed by atoms with E-state index in [-0.39, 0.29) is 25.7 Å². The Bertz CT molecular complexity index is 877. The van der Waals surface area contributed by atoms with Crippen molar-refractivity contribution in [3.05, 3.63) is 56.8 Å². The van der Waals surface area contributed by atoms with Crippen molar-refractivity contribution < 1.29 is 29.2 Å². The predicted octanol–water partition coefficient (Wildman–Crippen LogP) is 2.68. The summed E-state index contributed by atoms with van der Waals surface area (Å²) in [6.07, 6.45) is -3.48. The molecule has 0 radical (unpaired) electrons. The standard InChI is InChI=1S/C20H27N7O6/c21-26-24-14-9-15(25-27-22)19(18(29)17(14)28)33-16-8-4-7-13(32-16)10-23-20(30)31-11-12-5-2-1-3-6-12/h1-3,5-6,13-19,28-29H,4,7-11H2,(H,23,30)/t13-,14?,15?,16+,17-,18+,19+/m0/s1. The van der Waals surface area contributed by atoms with Crippen LogP contribution in [0.4, 0.5) is 4.79 Å². The summed E-state index contributed by atoms with van der Waals surface area (Å²) in [6, 6.07) is 7.52. The van der Waals surface area contributed by atoms with E-state index in [1.807, 2.05) is 30.3 Å². The highest BCUT2D eigenvalue weighted by Crippen LogP contribution is 2.31. The summed E-state index contributed by atoms with van der Waals surface area (Å²) in [6.45, 7) is 0.367. The number of aliphatic hydroxyl groups excluding tert-OH is 2. The molecule has 0 spiro atoms. The number of benzene rings is 1. The maximum absolute atomic E-state index is 12.0. The number of rotatable bonds is 8. The lowest BCUT2D eigenvalue weighted by Gasteiger charge is -2.42. The van der Waals surface area contributed by atoms with E-state index in [0.29, 0.717) is 12.8 Å². The minimum atomic E-state index is -1.43. The number of amides is 1. The molecule has 0 aromatic heterocycles. The molecule has 1 aromatic rings. The summed E-state index contributed by atoms with van der Waals surface area (Å²) in [5.41, 5.74) is 18.4. The van der Waals surface area contributed by atoms with E-state index in [9.17, 15) is 15.0 Å². The highest BCUT2D eigenvalue weighted by atomic mass is 16.7. The van der Waals surface area contributed by atoms with Crippen LogP contribution in [0.1, 0.15) is 31.2 Å². The van der Waals surface area contributed by atoms with E-state index in [2.05, 4.69) is 25.4 Å². The van der Waals surface area contributed by atoms with E-state index in [1.54, 1.807) is 0 Å². The number of azide groups is 2. The summed E-state index contributed by atoms with van der Waals surface area (Å²) in [4.78, 5) is 17.4. The summed E-state index contributed by atoms with van der Waals surface area (Å²) in [5.74, 6) is 0. The number of aliphatic hydroxyl groups is 2. The van der Waals surface area contributed by atoms with Gasteiger partial charge in [-0.15, -0.1) is 0 Å². The van der Waals surface area contributed by atoms with Crippen LogP contribution in [0.15, 0.2) is 40.6 Å². The van der Waals surface area contributed by atoms with Gasteiger partial charge in [-0.2, -0.15) is 0 Å². The number of carbonyl (C=O) groups is 1. The lowest BCUT2D eigenvalue weighted by Crippen LogP contribution is -2.57. The number of carbonyl (C=O) groups excluding carboxylic acids is 1. The number of ether oxygens (including phenoxy) is 3.